The molecule has 6 heteroatoms. The van der Waals surface area contributed by atoms with Crippen LogP contribution in [0.2, 0.25) is 0 Å². The van der Waals surface area contributed by atoms with Crippen LogP contribution in [-0.4, -0.2) is 14.3 Å². The van der Waals surface area contributed by atoms with Crippen molar-refractivity contribution in [1.29, 1.82) is 0 Å². The second kappa shape index (κ2) is 7.22. The molecular weight excluding hydrogens is 386 g/mol. The van der Waals surface area contributed by atoms with Crippen LogP contribution >= 0.6 is 0 Å². The van der Waals surface area contributed by atoms with E-state index in [2.05, 4.69) is 4.72 Å². The minimum atomic E-state index is -4.11. The molecule has 29 heavy (non-hydrogen) atoms. The highest BCUT2D eigenvalue weighted by Gasteiger charge is 2.26. The molecule has 0 aliphatic heterocycles. The number of furan rings is 1. The molecule has 1 N–H and O–H groups in total. The SMILES string of the molecule is Cc1ccc2c(C)c(C(=O)NS(=O)(=O)c3ccccc3-c3ccccc3)oc2c1. The predicted molar refractivity (Wildman–Crippen MR) is 112 cm³/mol. The number of carbonyl (C=O) groups is 1. The Morgan fingerprint density at radius 2 is 1.59 bits per heavy atom. The summed E-state index contributed by atoms with van der Waals surface area (Å²) in [4.78, 5) is 12.8. The van der Waals surface area contributed by atoms with Gasteiger partial charge < -0.3 is 4.42 Å². The number of fused-ring (bicyclic) bond motifs is 1. The molecule has 0 saturated heterocycles. The molecule has 0 unspecified atom stereocenters. The number of sulfonamides is 1. The maximum atomic E-state index is 13.0. The van der Waals surface area contributed by atoms with Crippen LogP contribution in [0.1, 0.15) is 21.7 Å². The molecule has 1 heterocycles. The summed E-state index contributed by atoms with van der Waals surface area (Å²) in [5.41, 5.74) is 3.41. The van der Waals surface area contributed by atoms with E-state index in [0.29, 0.717) is 16.7 Å². The minimum Gasteiger partial charge on any atom is -0.451 e. The number of aryl methyl sites for hydroxylation is 2. The molecule has 0 radical (unpaired) electrons. The quantitative estimate of drug-likeness (QED) is 0.527. The molecule has 0 aliphatic rings. The fourth-order valence-electron chi connectivity index (χ4n) is 3.33. The number of benzene rings is 3. The molecule has 0 aliphatic carbocycles. The van der Waals surface area contributed by atoms with E-state index in [1.165, 1.54) is 6.07 Å². The number of rotatable bonds is 4. The summed E-state index contributed by atoms with van der Waals surface area (Å²) in [6, 6.07) is 21.3. The first kappa shape index (κ1) is 19.0. The van der Waals surface area contributed by atoms with Gasteiger partial charge in [0, 0.05) is 16.5 Å². The lowest BCUT2D eigenvalue weighted by molar-refractivity contribution is 0.0955. The third-order valence-corrected chi connectivity index (χ3v) is 6.18. The molecular formula is C23H19NO4S. The summed E-state index contributed by atoms with van der Waals surface area (Å²) in [6.07, 6.45) is 0. The predicted octanol–water partition coefficient (Wildman–Crippen LogP) is 4.84. The van der Waals surface area contributed by atoms with E-state index in [-0.39, 0.29) is 10.7 Å². The fraction of sp³-hybridized carbons (Fsp3) is 0.0870. The van der Waals surface area contributed by atoms with E-state index in [1.807, 2.05) is 55.5 Å². The van der Waals surface area contributed by atoms with Crippen molar-refractivity contribution in [3.63, 3.8) is 0 Å². The van der Waals surface area contributed by atoms with Crippen molar-refractivity contribution >= 4 is 26.9 Å². The smallest absolute Gasteiger partial charge is 0.301 e. The third-order valence-electron chi connectivity index (χ3n) is 4.79. The Bertz CT molecular complexity index is 1320. The molecule has 0 fully saturated rings. The van der Waals surface area contributed by atoms with Crippen LogP contribution in [0.25, 0.3) is 22.1 Å². The standard InChI is InChI=1S/C23H19NO4S/c1-15-12-13-18-16(2)22(28-20(18)14-15)23(25)24-29(26,27)21-11-7-6-10-19(21)17-8-4-3-5-9-17/h3-14H,1-2H3,(H,24,25). The Balaban J connectivity index is 1.72. The van der Waals surface area contributed by atoms with Crippen LogP contribution in [0, 0.1) is 13.8 Å². The van der Waals surface area contributed by atoms with E-state index in [1.54, 1.807) is 25.1 Å². The number of hydrogen-bond acceptors (Lipinski definition) is 4. The molecule has 0 atom stereocenters. The van der Waals surface area contributed by atoms with E-state index < -0.39 is 15.9 Å². The van der Waals surface area contributed by atoms with Crippen molar-refractivity contribution in [1.82, 2.24) is 4.72 Å². The first-order valence-electron chi connectivity index (χ1n) is 9.08. The van der Waals surface area contributed by atoms with Gasteiger partial charge in [-0.05, 0) is 37.1 Å². The molecule has 146 valence electrons. The normalized spacial score (nSPS) is 11.5. The van der Waals surface area contributed by atoms with Crippen LogP contribution in [0.15, 0.2) is 82.1 Å². The number of carbonyl (C=O) groups excluding carboxylic acids is 1. The lowest BCUT2D eigenvalue weighted by Crippen LogP contribution is -2.31. The zero-order chi connectivity index (χ0) is 20.6. The summed E-state index contributed by atoms with van der Waals surface area (Å²) in [5.74, 6) is -0.800. The van der Waals surface area contributed by atoms with Crippen molar-refractivity contribution in [3.05, 3.63) is 89.7 Å². The molecule has 0 bridgehead atoms. The van der Waals surface area contributed by atoms with Crippen molar-refractivity contribution in [2.24, 2.45) is 0 Å². The van der Waals surface area contributed by atoms with Gasteiger partial charge in [0.15, 0.2) is 5.76 Å². The Morgan fingerprint density at radius 1 is 0.897 bits per heavy atom. The maximum absolute atomic E-state index is 13.0. The fourth-order valence-corrected chi connectivity index (χ4v) is 4.51. The number of hydrogen-bond donors (Lipinski definition) is 1. The van der Waals surface area contributed by atoms with Gasteiger partial charge in [-0.25, -0.2) is 13.1 Å². The Labute approximate surface area is 169 Å². The average Bonchev–Trinajstić information content (AvgIpc) is 3.04. The zero-order valence-corrected chi connectivity index (χ0v) is 16.8. The molecule has 1 amide bonds. The van der Waals surface area contributed by atoms with E-state index in [9.17, 15) is 13.2 Å². The van der Waals surface area contributed by atoms with Gasteiger partial charge in [0.05, 0.1) is 4.90 Å². The van der Waals surface area contributed by atoms with Gasteiger partial charge in [-0.1, -0.05) is 60.7 Å². The summed E-state index contributed by atoms with van der Waals surface area (Å²) in [7, 11) is -4.11. The van der Waals surface area contributed by atoms with Gasteiger partial charge in [0.25, 0.3) is 10.0 Å². The lowest BCUT2D eigenvalue weighted by atomic mass is 10.1. The molecule has 5 nitrogen and oxygen atoms in total. The Hall–Kier alpha value is -3.38. The van der Waals surface area contributed by atoms with E-state index in [4.69, 9.17) is 4.42 Å². The lowest BCUT2D eigenvalue weighted by Gasteiger charge is -2.11. The van der Waals surface area contributed by atoms with Gasteiger partial charge in [-0.2, -0.15) is 0 Å². The average molecular weight is 405 g/mol. The molecule has 3 aromatic carbocycles. The largest absolute Gasteiger partial charge is 0.451 e. The summed E-state index contributed by atoms with van der Waals surface area (Å²) in [6.45, 7) is 3.66. The molecule has 4 aromatic rings. The van der Waals surface area contributed by atoms with Crippen LogP contribution in [-0.2, 0) is 10.0 Å². The van der Waals surface area contributed by atoms with Crippen LogP contribution < -0.4 is 4.72 Å². The van der Waals surface area contributed by atoms with Gasteiger partial charge >= 0.3 is 5.91 Å². The third kappa shape index (κ3) is 3.54. The highest BCUT2D eigenvalue weighted by atomic mass is 32.2. The van der Waals surface area contributed by atoms with Crippen molar-refractivity contribution in [3.8, 4) is 11.1 Å². The van der Waals surface area contributed by atoms with E-state index in [0.717, 1.165) is 16.5 Å². The first-order valence-corrected chi connectivity index (χ1v) is 10.6. The highest BCUT2D eigenvalue weighted by Crippen LogP contribution is 2.29. The van der Waals surface area contributed by atoms with Crippen LogP contribution in [0.5, 0.6) is 0 Å². The van der Waals surface area contributed by atoms with Crippen LogP contribution in [0.3, 0.4) is 0 Å². The number of nitrogens with one attached hydrogen (secondary N) is 1. The summed E-state index contributed by atoms with van der Waals surface area (Å²) in [5, 5.41) is 0.780. The first-order chi connectivity index (χ1) is 13.9. The molecule has 0 spiro atoms. The molecule has 4 rings (SSSR count). The van der Waals surface area contributed by atoms with Crippen LogP contribution in [0.4, 0.5) is 0 Å². The van der Waals surface area contributed by atoms with Gasteiger partial charge in [-0.15, -0.1) is 0 Å². The topological polar surface area (TPSA) is 76.4 Å². The summed E-state index contributed by atoms with van der Waals surface area (Å²) < 4.78 is 33.9. The minimum absolute atomic E-state index is 0.00799. The van der Waals surface area contributed by atoms with Gasteiger partial charge in [0.1, 0.15) is 5.58 Å². The maximum Gasteiger partial charge on any atom is 0.301 e. The zero-order valence-electron chi connectivity index (χ0n) is 16.0. The Morgan fingerprint density at radius 3 is 2.34 bits per heavy atom. The van der Waals surface area contributed by atoms with Gasteiger partial charge in [0.2, 0.25) is 0 Å². The highest BCUT2D eigenvalue weighted by molar-refractivity contribution is 7.90. The second-order valence-electron chi connectivity index (χ2n) is 6.85. The monoisotopic (exact) mass is 405 g/mol. The van der Waals surface area contributed by atoms with E-state index >= 15 is 0 Å². The van der Waals surface area contributed by atoms with Crippen molar-refractivity contribution < 1.29 is 17.6 Å². The van der Waals surface area contributed by atoms with Crippen molar-refractivity contribution in [2.45, 2.75) is 18.7 Å². The Kier molecular flexibility index (Phi) is 4.72. The summed E-state index contributed by atoms with van der Waals surface area (Å²) >= 11 is 0. The second-order valence-corrected chi connectivity index (χ2v) is 8.50. The molecule has 1 aromatic heterocycles. The van der Waals surface area contributed by atoms with Crippen molar-refractivity contribution in [2.75, 3.05) is 0 Å². The number of amides is 1. The van der Waals surface area contributed by atoms with Gasteiger partial charge in [-0.3, -0.25) is 4.79 Å². The molecule has 0 saturated carbocycles.